The predicted octanol–water partition coefficient (Wildman–Crippen LogP) is 5.57. The van der Waals surface area contributed by atoms with Crippen molar-refractivity contribution < 1.29 is 8.42 Å². The predicted molar refractivity (Wildman–Crippen MR) is 119 cm³/mol. The lowest BCUT2D eigenvalue weighted by molar-refractivity contribution is 0.437. The Balaban J connectivity index is 1.96. The average molecular weight is 429 g/mol. The first-order chi connectivity index (χ1) is 13.8. The van der Waals surface area contributed by atoms with Crippen LogP contribution in [-0.2, 0) is 9.84 Å². The van der Waals surface area contributed by atoms with Gasteiger partial charge in [0.1, 0.15) is 4.90 Å². The van der Waals surface area contributed by atoms with Gasteiger partial charge in [0.25, 0.3) is 0 Å². The molecule has 1 fully saturated rings. The number of aromatic nitrogens is 1. The van der Waals surface area contributed by atoms with Crippen molar-refractivity contribution in [2.24, 2.45) is 5.92 Å². The highest BCUT2D eigenvalue weighted by atomic mass is 35.5. The smallest absolute Gasteiger partial charge is 0.210 e. The Morgan fingerprint density at radius 3 is 2.45 bits per heavy atom. The minimum atomic E-state index is -3.72. The van der Waals surface area contributed by atoms with Crippen LogP contribution in [0, 0.1) is 19.8 Å². The third-order valence-electron chi connectivity index (χ3n) is 5.95. The highest BCUT2D eigenvalue weighted by Gasteiger charge is 2.28. The number of benzene rings is 2. The van der Waals surface area contributed by atoms with Gasteiger partial charge in [-0.15, -0.1) is 0 Å². The molecule has 0 spiro atoms. The number of hydrogen-bond donors (Lipinski definition) is 0. The molecule has 0 atom stereocenters. The molecule has 2 aromatic carbocycles. The second-order valence-electron chi connectivity index (χ2n) is 8.05. The van der Waals surface area contributed by atoms with Crippen LogP contribution in [0.25, 0.3) is 10.9 Å². The summed E-state index contributed by atoms with van der Waals surface area (Å²) in [7, 11) is -3.72. The van der Waals surface area contributed by atoms with Gasteiger partial charge in [-0.3, -0.25) is 4.98 Å². The lowest BCUT2D eigenvalue weighted by Gasteiger charge is -2.34. The number of piperidine rings is 1. The molecule has 1 aromatic heterocycles. The number of pyridine rings is 1. The highest BCUT2D eigenvalue weighted by Crippen LogP contribution is 2.38. The van der Waals surface area contributed by atoms with Gasteiger partial charge in [0.05, 0.1) is 16.1 Å². The maximum absolute atomic E-state index is 13.7. The Hall–Kier alpha value is -2.11. The number of halogens is 1. The minimum Gasteiger partial charge on any atom is -0.370 e. The van der Waals surface area contributed by atoms with Gasteiger partial charge in [-0.1, -0.05) is 24.6 Å². The van der Waals surface area contributed by atoms with Crippen molar-refractivity contribution in [3.05, 3.63) is 58.7 Å². The summed E-state index contributed by atoms with van der Waals surface area (Å²) in [5.74, 6) is 0.641. The van der Waals surface area contributed by atoms with Crippen LogP contribution in [0.4, 0.5) is 5.69 Å². The molecule has 0 bridgehead atoms. The van der Waals surface area contributed by atoms with Gasteiger partial charge in [0.15, 0.2) is 0 Å². The summed E-state index contributed by atoms with van der Waals surface area (Å²) < 4.78 is 27.3. The van der Waals surface area contributed by atoms with E-state index in [1.807, 2.05) is 32.0 Å². The number of anilines is 1. The lowest BCUT2D eigenvalue weighted by atomic mass is 9.98. The van der Waals surface area contributed by atoms with Gasteiger partial charge in [-0.25, -0.2) is 8.42 Å². The van der Waals surface area contributed by atoms with Crippen molar-refractivity contribution in [3.8, 4) is 0 Å². The number of nitrogens with zero attached hydrogens (tertiary/aromatic N) is 2. The van der Waals surface area contributed by atoms with Crippen molar-refractivity contribution >= 4 is 38.0 Å². The van der Waals surface area contributed by atoms with E-state index in [0.29, 0.717) is 15.8 Å². The van der Waals surface area contributed by atoms with E-state index in [1.165, 1.54) is 6.20 Å². The van der Waals surface area contributed by atoms with Gasteiger partial charge in [-0.05, 0) is 74.1 Å². The molecule has 4 nitrogen and oxygen atoms in total. The molecule has 0 amide bonds. The fraction of sp³-hybridized carbons (Fsp3) is 0.348. The summed E-state index contributed by atoms with van der Waals surface area (Å²) in [5.41, 5.74) is 3.50. The van der Waals surface area contributed by atoms with Crippen LogP contribution >= 0.6 is 11.6 Å². The monoisotopic (exact) mass is 428 g/mol. The number of sulfone groups is 1. The SMILES string of the molecule is Cc1ccc(S(=O)(=O)c2cnc3ccc(Cl)cc3c2N2CCC(C)CC2)cc1C. The molecule has 0 unspecified atom stereocenters. The van der Waals surface area contributed by atoms with Crippen LogP contribution in [0.2, 0.25) is 5.02 Å². The molecule has 0 radical (unpaired) electrons. The number of hydrogen-bond acceptors (Lipinski definition) is 4. The van der Waals surface area contributed by atoms with Crippen molar-refractivity contribution in [2.45, 2.75) is 43.4 Å². The van der Waals surface area contributed by atoms with E-state index in [9.17, 15) is 8.42 Å². The quantitative estimate of drug-likeness (QED) is 0.546. The average Bonchev–Trinajstić information content (AvgIpc) is 2.69. The fourth-order valence-corrected chi connectivity index (χ4v) is 5.59. The molecule has 4 rings (SSSR count). The third kappa shape index (κ3) is 3.74. The van der Waals surface area contributed by atoms with Crippen LogP contribution in [0.3, 0.4) is 0 Å². The summed E-state index contributed by atoms with van der Waals surface area (Å²) in [6, 6.07) is 10.7. The zero-order valence-corrected chi connectivity index (χ0v) is 18.5. The topological polar surface area (TPSA) is 50.3 Å². The van der Waals surface area contributed by atoms with Gasteiger partial charge in [0.2, 0.25) is 9.84 Å². The van der Waals surface area contributed by atoms with E-state index >= 15 is 0 Å². The second-order valence-corrected chi connectivity index (χ2v) is 10.4. The first-order valence-electron chi connectivity index (χ1n) is 9.93. The minimum absolute atomic E-state index is 0.255. The largest absolute Gasteiger partial charge is 0.370 e. The molecular weight excluding hydrogens is 404 g/mol. The molecule has 1 aliphatic heterocycles. The standard InChI is InChI=1S/C23H25ClN2O2S/c1-15-8-10-26(11-9-15)23-20-13-18(24)5-7-21(20)25-14-22(23)29(27,28)19-6-4-16(2)17(3)12-19/h4-7,12-15H,8-11H2,1-3H3. The Kier molecular flexibility index (Phi) is 5.30. The molecule has 6 heteroatoms. The molecule has 29 heavy (non-hydrogen) atoms. The Morgan fingerprint density at radius 2 is 1.76 bits per heavy atom. The summed E-state index contributed by atoms with van der Waals surface area (Å²) in [5, 5.41) is 1.36. The molecule has 0 aliphatic carbocycles. The number of fused-ring (bicyclic) bond motifs is 1. The molecule has 3 aromatic rings. The third-order valence-corrected chi connectivity index (χ3v) is 7.93. The number of rotatable bonds is 3. The maximum Gasteiger partial charge on any atom is 0.210 e. The molecule has 152 valence electrons. The zero-order valence-electron chi connectivity index (χ0n) is 16.9. The highest BCUT2D eigenvalue weighted by molar-refractivity contribution is 7.91. The van der Waals surface area contributed by atoms with E-state index < -0.39 is 9.84 Å². The van der Waals surface area contributed by atoms with Crippen molar-refractivity contribution in [3.63, 3.8) is 0 Å². The Bertz CT molecular complexity index is 1180. The molecule has 1 aliphatic rings. The summed E-state index contributed by atoms with van der Waals surface area (Å²) in [4.78, 5) is 7.20. The zero-order chi connectivity index (χ0) is 20.8. The van der Waals surface area contributed by atoms with Crippen molar-refractivity contribution in [1.82, 2.24) is 4.98 Å². The summed E-state index contributed by atoms with van der Waals surface area (Å²) in [6.45, 7) is 7.79. The van der Waals surface area contributed by atoms with Crippen LogP contribution in [0.1, 0.15) is 30.9 Å². The van der Waals surface area contributed by atoms with E-state index in [1.54, 1.807) is 18.2 Å². The van der Waals surface area contributed by atoms with E-state index in [4.69, 9.17) is 11.6 Å². The van der Waals surface area contributed by atoms with Crippen molar-refractivity contribution in [2.75, 3.05) is 18.0 Å². The second kappa shape index (κ2) is 7.62. The molecule has 1 saturated heterocycles. The first-order valence-corrected chi connectivity index (χ1v) is 11.8. The molecular formula is C23H25ClN2O2S. The maximum atomic E-state index is 13.7. The van der Waals surface area contributed by atoms with E-state index in [2.05, 4.69) is 16.8 Å². The first kappa shape index (κ1) is 20.2. The fourth-order valence-electron chi connectivity index (χ4n) is 3.90. The Labute approximate surface area is 177 Å². The number of aryl methyl sites for hydroxylation is 2. The normalized spacial score (nSPS) is 15.8. The van der Waals surface area contributed by atoms with Crippen LogP contribution in [0.15, 0.2) is 52.4 Å². The van der Waals surface area contributed by atoms with Crippen molar-refractivity contribution in [1.29, 1.82) is 0 Å². The van der Waals surface area contributed by atoms with Gasteiger partial charge < -0.3 is 4.90 Å². The van der Waals surface area contributed by atoms with Crippen LogP contribution < -0.4 is 4.90 Å². The molecule has 2 heterocycles. The van der Waals surface area contributed by atoms with Crippen LogP contribution in [0.5, 0.6) is 0 Å². The van der Waals surface area contributed by atoms with Gasteiger partial charge in [0, 0.05) is 29.7 Å². The molecule has 0 saturated carbocycles. The van der Waals surface area contributed by atoms with Gasteiger partial charge in [-0.2, -0.15) is 0 Å². The summed E-state index contributed by atoms with van der Waals surface area (Å²) >= 11 is 6.28. The van der Waals surface area contributed by atoms with E-state index in [-0.39, 0.29) is 4.90 Å². The molecule has 0 N–H and O–H groups in total. The van der Waals surface area contributed by atoms with E-state index in [0.717, 1.165) is 53.6 Å². The summed E-state index contributed by atoms with van der Waals surface area (Å²) in [6.07, 6.45) is 3.58. The Morgan fingerprint density at radius 1 is 1.03 bits per heavy atom. The van der Waals surface area contributed by atoms with Crippen LogP contribution in [-0.4, -0.2) is 26.5 Å². The lowest BCUT2D eigenvalue weighted by Crippen LogP contribution is -2.34. The van der Waals surface area contributed by atoms with Gasteiger partial charge >= 0.3 is 0 Å².